The van der Waals surface area contributed by atoms with Crippen LogP contribution in [0.25, 0.3) is 0 Å². The molecule has 0 aliphatic heterocycles. The van der Waals surface area contributed by atoms with Crippen molar-refractivity contribution < 1.29 is 32.1 Å². The maximum absolute atomic E-state index is 13.0. The fourth-order valence-corrected chi connectivity index (χ4v) is 4.25. The van der Waals surface area contributed by atoms with Crippen LogP contribution in [0.15, 0.2) is 79.3 Å². The second kappa shape index (κ2) is 12.6. The molecule has 4 rings (SSSR count). The number of phenols is 1. The van der Waals surface area contributed by atoms with Crippen molar-refractivity contribution in [3.05, 3.63) is 112 Å². The monoisotopic (exact) mass is 546 g/mol. The second-order valence-electron chi connectivity index (χ2n) is 8.44. The number of ether oxygens (including phenoxy) is 2. The van der Waals surface area contributed by atoms with Crippen molar-refractivity contribution in [2.24, 2.45) is 0 Å². The van der Waals surface area contributed by atoms with Gasteiger partial charge in [-0.25, -0.2) is 0 Å². The first-order chi connectivity index (χ1) is 18.3. The number of halogens is 5. The van der Waals surface area contributed by atoms with Crippen molar-refractivity contribution >= 4 is 11.6 Å². The normalized spacial score (nSPS) is 12.1. The van der Waals surface area contributed by atoms with Gasteiger partial charge in [0.15, 0.2) is 11.5 Å². The van der Waals surface area contributed by atoms with Gasteiger partial charge in [-0.2, -0.15) is 17.6 Å². The molecule has 4 aromatic rings. The van der Waals surface area contributed by atoms with Crippen molar-refractivity contribution in [1.82, 2.24) is 9.97 Å². The Kier molecular flexibility index (Phi) is 9.02. The summed E-state index contributed by atoms with van der Waals surface area (Å²) in [4.78, 5) is 8.64. The summed E-state index contributed by atoms with van der Waals surface area (Å²) in [7, 11) is 0. The molecule has 0 spiro atoms. The highest BCUT2D eigenvalue weighted by Crippen LogP contribution is 2.36. The lowest BCUT2D eigenvalue weighted by molar-refractivity contribution is -0.0692. The van der Waals surface area contributed by atoms with Gasteiger partial charge in [0.2, 0.25) is 0 Å². The molecule has 1 N–H and O–H groups in total. The third kappa shape index (κ3) is 7.35. The molecule has 10 heteroatoms. The van der Waals surface area contributed by atoms with Gasteiger partial charge in [0, 0.05) is 35.2 Å². The minimum Gasteiger partial charge on any atom is -0.508 e. The van der Waals surface area contributed by atoms with Gasteiger partial charge in [0.1, 0.15) is 5.75 Å². The molecule has 0 saturated carbocycles. The van der Waals surface area contributed by atoms with Crippen LogP contribution in [0, 0.1) is 0 Å². The first kappa shape index (κ1) is 27.2. The zero-order valence-electron chi connectivity index (χ0n) is 19.9. The number of alkyl halides is 4. The topological polar surface area (TPSA) is 64.5 Å². The van der Waals surface area contributed by atoms with Crippen LogP contribution in [-0.2, 0) is 19.3 Å². The summed E-state index contributed by atoms with van der Waals surface area (Å²) < 4.78 is 60.5. The highest BCUT2D eigenvalue weighted by Gasteiger charge is 2.22. The molecule has 0 fully saturated rings. The molecule has 0 aliphatic rings. The number of hydrogen-bond acceptors (Lipinski definition) is 5. The van der Waals surface area contributed by atoms with Gasteiger partial charge < -0.3 is 14.6 Å². The number of rotatable bonds is 11. The van der Waals surface area contributed by atoms with Crippen LogP contribution >= 0.6 is 11.6 Å². The SMILES string of the molecule is Oc1cc(Cl)ccc1CCc1ccc(C(Cc2ccncc2)c2ccc(OC(F)F)c(OC(F)F)c2)nc1. The fraction of sp³-hybridized carbons (Fsp3) is 0.214. The number of benzene rings is 2. The van der Waals surface area contributed by atoms with Gasteiger partial charge in [0.25, 0.3) is 0 Å². The molecule has 0 bridgehead atoms. The lowest BCUT2D eigenvalue weighted by Crippen LogP contribution is -2.11. The van der Waals surface area contributed by atoms with E-state index in [2.05, 4.69) is 19.4 Å². The number of aromatic nitrogens is 2. The van der Waals surface area contributed by atoms with E-state index in [-0.39, 0.29) is 5.75 Å². The van der Waals surface area contributed by atoms with E-state index in [1.807, 2.05) is 24.3 Å². The Morgan fingerprint density at radius 3 is 2.18 bits per heavy atom. The molecule has 2 heterocycles. The quantitative estimate of drug-likeness (QED) is 0.202. The standard InChI is InChI=1S/C28H23ClF4N2O3/c29-21-6-4-19(24(36)15-21)3-1-18-2-7-23(35-16-18)22(13-17-9-11-34-12-10-17)20-5-8-25(37-27(30)31)26(14-20)38-28(32)33/h2,4-12,14-16,22,27-28,36H,1,3,13H2. The first-order valence-corrected chi connectivity index (χ1v) is 12.0. The maximum Gasteiger partial charge on any atom is 0.387 e. The van der Waals surface area contributed by atoms with Crippen molar-refractivity contribution in [2.75, 3.05) is 0 Å². The zero-order chi connectivity index (χ0) is 27.1. The number of aromatic hydroxyl groups is 1. The number of pyridine rings is 2. The summed E-state index contributed by atoms with van der Waals surface area (Å²) in [6.07, 6.45) is 6.62. The Balaban J connectivity index is 1.62. The van der Waals surface area contributed by atoms with Crippen LogP contribution in [0.1, 0.15) is 33.9 Å². The van der Waals surface area contributed by atoms with Crippen LogP contribution in [0.4, 0.5) is 17.6 Å². The minimum absolute atomic E-state index is 0.126. The van der Waals surface area contributed by atoms with Crippen LogP contribution in [-0.4, -0.2) is 28.3 Å². The average Bonchev–Trinajstić information content (AvgIpc) is 2.88. The predicted molar refractivity (Wildman–Crippen MR) is 134 cm³/mol. The molecular weight excluding hydrogens is 524 g/mol. The van der Waals surface area contributed by atoms with Gasteiger partial charge in [-0.15, -0.1) is 0 Å². The summed E-state index contributed by atoms with van der Waals surface area (Å²) in [5.74, 6) is -1.26. The van der Waals surface area contributed by atoms with Crippen LogP contribution in [0.3, 0.4) is 0 Å². The third-order valence-electron chi connectivity index (χ3n) is 5.93. The van der Waals surface area contributed by atoms with Crippen molar-refractivity contribution in [3.63, 3.8) is 0 Å². The van der Waals surface area contributed by atoms with Crippen LogP contribution in [0.5, 0.6) is 17.2 Å². The van der Waals surface area contributed by atoms with E-state index in [0.717, 1.165) is 16.7 Å². The lowest BCUT2D eigenvalue weighted by Gasteiger charge is -2.20. The first-order valence-electron chi connectivity index (χ1n) is 11.6. The van der Waals surface area contributed by atoms with Gasteiger partial charge in [-0.3, -0.25) is 9.97 Å². The van der Waals surface area contributed by atoms with Gasteiger partial charge in [0.05, 0.1) is 0 Å². The summed E-state index contributed by atoms with van der Waals surface area (Å²) in [6.45, 7) is -6.42. The second-order valence-corrected chi connectivity index (χ2v) is 8.88. The highest BCUT2D eigenvalue weighted by atomic mass is 35.5. The van der Waals surface area contributed by atoms with E-state index >= 15 is 0 Å². The average molecular weight is 547 g/mol. The molecule has 198 valence electrons. The minimum atomic E-state index is -3.22. The Morgan fingerprint density at radius 2 is 1.53 bits per heavy atom. The molecule has 38 heavy (non-hydrogen) atoms. The van der Waals surface area contributed by atoms with E-state index in [1.165, 1.54) is 24.3 Å². The lowest BCUT2D eigenvalue weighted by atomic mass is 9.88. The molecule has 0 saturated heterocycles. The predicted octanol–water partition coefficient (Wildman–Crippen LogP) is 7.20. The van der Waals surface area contributed by atoms with E-state index in [0.29, 0.717) is 35.5 Å². The van der Waals surface area contributed by atoms with E-state index in [4.69, 9.17) is 11.6 Å². The Hall–Kier alpha value is -3.85. The molecule has 0 radical (unpaired) electrons. The molecule has 5 nitrogen and oxygen atoms in total. The number of hydrogen-bond donors (Lipinski definition) is 1. The van der Waals surface area contributed by atoms with Gasteiger partial charge >= 0.3 is 13.2 Å². The smallest absolute Gasteiger partial charge is 0.387 e. The van der Waals surface area contributed by atoms with E-state index < -0.39 is 30.6 Å². The molecule has 1 atom stereocenters. The van der Waals surface area contributed by atoms with Crippen molar-refractivity contribution in [3.8, 4) is 17.2 Å². The molecule has 0 aliphatic carbocycles. The molecule has 2 aromatic heterocycles. The van der Waals surface area contributed by atoms with Crippen molar-refractivity contribution in [1.29, 1.82) is 0 Å². The third-order valence-corrected chi connectivity index (χ3v) is 6.16. The summed E-state index contributed by atoms with van der Waals surface area (Å²) in [6, 6.07) is 16.3. The van der Waals surface area contributed by atoms with Crippen LogP contribution in [0.2, 0.25) is 5.02 Å². The number of aryl methyl sites for hydroxylation is 2. The maximum atomic E-state index is 13.0. The number of phenolic OH excluding ortho intramolecular Hbond substituents is 1. The van der Waals surface area contributed by atoms with Crippen molar-refractivity contribution in [2.45, 2.75) is 38.4 Å². The largest absolute Gasteiger partial charge is 0.508 e. The Bertz CT molecular complexity index is 1340. The molecule has 2 aromatic carbocycles. The Labute approximate surface area is 221 Å². The van der Waals surface area contributed by atoms with E-state index in [9.17, 15) is 22.7 Å². The van der Waals surface area contributed by atoms with Crippen LogP contribution < -0.4 is 9.47 Å². The summed E-state index contributed by atoms with van der Waals surface area (Å²) >= 11 is 5.90. The van der Waals surface area contributed by atoms with Gasteiger partial charge in [-0.1, -0.05) is 29.8 Å². The number of nitrogens with zero attached hydrogens (tertiary/aromatic N) is 2. The van der Waals surface area contributed by atoms with E-state index in [1.54, 1.807) is 30.7 Å². The Morgan fingerprint density at radius 1 is 0.789 bits per heavy atom. The summed E-state index contributed by atoms with van der Waals surface area (Å²) in [5.41, 5.74) is 3.77. The highest BCUT2D eigenvalue weighted by molar-refractivity contribution is 6.30. The fourth-order valence-electron chi connectivity index (χ4n) is 4.09. The summed E-state index contributed by atoms with van der Waals surface area (Å²) in [5, 5.41) is 10.5. The molecular formula is C28H23ClF4N2O3. The molecule has 1 unspecified atom stereocenters. The molecule has 0 amide bonds. The zero-order valence-corrected chi connectivity index (χ0v) is 20.7. The van der Waals surface area contributed by atoms with Gasteiger partial charge in [-0.05, 0) is 84.0 Å².